The van der Waals surface area contributed by atoms with E-state index in [-0.39, 0.29) is 18.1 Å². The Kier molecular flexibility index (Phi) is 5.44. The average molecular weight is 285 g/mol. The molecule has 0 aliphatic carbocycles. The molecule has 1 amide bonds. The lowest BCUT2D eigenvalue weighted by molar-refractivity contribution is -0.131. The molecular weight excluding hydrogens is 266 g/mol. The van der Waals surface area contributed by atoms with Gasteiger partial charge in [-0.3, -0.25) is 4.79 Å². The summed E-state index contributed by atoms with van der Waals surface area (Å²) < 4.78 is 0. The number of nitrogens with two attached hydrogens (primary N) is 1. The maximum absolute atomic E-state index is 12.1. The topological polar surface area (TPSA) is 105 Å². The number of nitrogens with zero attached hydrogens (tertiary/aromatic N) is 1. The first-order valence-corrected chi connectivity index (χ1v) is 7.03. The van der Waals surface area contributed by atoms with Crippen molar-refractivity contribution in [2.24, 2.45) is 11.1 Å². The van der Waals surface area contributed by atoms with Crippen LogP contribution in [0.15, 0.2) is 5.38 Å². The summed E-state index contributed by atoms with van der Waals surface area (Å²) in [5.41, 5.74) is 5.15. The van der Waals surface area contributed by atoms with Crippen molar-refractivity contribution in [3.8, 4) is 0 Å². The quantitative estimate of drug-likeness (QED) is 0.698. The number of aromatic nitrogens is 1. The lowest BCUT2D eigenvalue weighted by Crippen LogP contribution is -2.45. The molecule has 19 heavy (non-hydrogen) atoms. The van der Waals surface area contributed by atoms with E-state index in [1.165, 1.54) is 16.7 Å². The van der Waals surface area contributed by atoms with Crippen molar-refractivity contribution in [2.75, 3.05) is 6.54 Å². The van der Waals surface area contributed by atoms with Gasteiger partial charge >= 0.3 is 5.97 Å². The molecule has 0 aliphatic heterocycles. The zero-order valence-electron chi connectivity index (χ0n) is 11.1. The second kappa shape index (κ2) is 6.63. The third-order valence-corrected chi connectivity index (χ3v) is 4.25. The number of carbonyl (C=O) groups excluding carboxylic acids is 1. The fourth-order valence-corrected chi connectivity index (χ4v) is 2.49. The second-order valence-electron chi connectivity index (χ2n) is 4.31. The van der Waals surface area contributed by atoms with Crippen molar-refractivity contribution < 1.29 is 14.7 Å². The number of hydrogen-bond donors (Lipinski definition) is 3. The van der Waals surface area contributed by atoms with Gasteiger partial charge in [-0.2, -0.15) is 0 Å². The molecule has 0 radical (unpaired) electrons. The van der Waals surface area contributed by atoms with Crippen molar-refractivity contribution in [1.82, 2.24) is 10.3 Å². The zero-order chi connectivity index (χ0) is 14.5. The number of hydrogen-bond acceptors (Lipinski definition) is 5. The van der Waals surface area contributed by atoms with Gasteiger partial charge in [0.1, 0.15) is 5.01 Å². The maximum atomic E-state index is 12.1. The average Bonchev–Trinajstić information content (AvgIpc) is 2.88. The molecule has 1 rings (SSSR count). The van der Waals surface area contributed by atoms with E-state index in [9.17, 15) is 9.59 Å². The van der Waals surface area contributed by atoms with Crippen LogP contribution >= 0.6 is 11.3 Å². The standard InChI is InChI=1S/C12H19N3O3S/c1-3-12(4-2,7-13)11(18)14-5-9-15-8(6-19-9)10(16)17/h6H,3-5,7,13H2,1-2H3,(H,14,18)(H,16,17). The maximum Gasteiger partial charge on any atom is 0.355 e. The summed E-state index contributed by atoms with van der Waals surface area (Å²) >= 11 is 1.22. The summed E-state index contributed by atoms with van der Waals surface area (Å²) in [6.07, 6.45) is 1.34. The molecule has 4 N–H and O–H groups in total. The van der Waals surface area contributed by atoms with Crippen LogP contribution < -0.4 is 11.1 Å². The highest BCUT2D eigenvalue weighted by molar-refractivity contribution is 7.09. The third-order valence-electron chi connectivity index (χ3n) is 3.40. The minimum atomic E-state index is -1.06. The number of carboxylic acid groups (broad SMARTS) is 1. The van der Waals surface area contributed by atoms with Gasteiger partial charge in [-0.05, 0) is 12.8 Å². The highest BCUT2D eigenvalue weighted by Crippen LogP contribution is 2.25. The number of amides is 1. The summed E-state index contributed by atoms with van der Waals surface area (Å²) in [6.45, 7) is 4.40. The van der Waals surface area contributed by atoms with E-state index in [4.69, 9.17) is 10.8 Å². The number of aromatic carboxylic acids is 1. The van der Waals surface area contributed by atoms with Crippen LogP contribution in [0.1, 0.15) is 42.2 Å². The molecule has 7 heteroatoms. The molecule has 0 unspecified atom stereocenters. The van der Waals surface area contributed by atoms with Crippen LogP contribution in [-0.2, 0) is 11.3 Å². The molecule has 0 aliphatic rings. The number of nitrogens with one attached hydrogen (secondary N) is 1. The van der Waals surface area contributed by atoms with E-state index in [2.05, 4.69) is 10.3 Å². The first-order chi connectivity index (χ1) is 8.99. The third kappa shape index (κ3) is 3.51. The van der Waals surface area contributed by atoms with Gasteiger partial charge in [-0.15, -0.1) is 11.3 Å². The van der Waals surface area contributed by atoms with E-state index in [0.717, 1.165) is 0 Å². The van der Waals surface area contributed by atoms with Crippen LogP contribution in [0.3, 0.4) is 0 Å². The molecule has 0 spiro atoms. The number of rotatable bonds is 7. The molecule has 0 atom stereocenters. The van der Waals surface area contributed by atoms with Crippen molar-refractivity contribution in [1.29, 1.82) is 0 Å². The lowest BCUT2D eigenvalue weighted by Gasteiger charge is -2.28. The number of carbonyl (C=O) groups is 2. The minimum Gasteiger partial charge on any atom is -0.476 e. The first-order valence-electron chi connectivity index (χ1n) is 6.15. The van der Waals surface area contributed by atoms with E-state index in [0.29, 0.717) is 24.4 Å². The molecule has 1 aromatic rings. The predicted octanol–water partition coefficient (Wildman–Crippen LogP) is 1.22. The molecule has 0 fully saturated rings. The Labute approximate surface area is 116 Å². The Morgan fingerprint density at radius 1 is 1.47 bits per heavy atom. The molecule has 0 aromatic carbocycles. The van der Waals surface area contributed by atoms with Gasteiger partial charge in [0.05, 0.1) is 12.0 Å². The minimum absolute atomic E-state index is 0.00493. The summed E-state index contributed by atoms with van der Waals surface area (Å²) in [6, 6.07) is 0. The molecule has 1 heterocycles. The Balaban J connectivity index is 2.65. The van der Waals surface area contributed by atoms with Crippen molar-refractivity contribution in [3.63, 3.8) is 0 Å². The first kappa shape index (κ1) is 15.6. The highest BCUT2D eigenvalue weighted by Gasteiger charge is 2.33. The molecule has 6 nitrogen and oxygen atoms in total. The van der Waals surface area contributed by atoms with Gasteiger partial charge in [0.15, 0.2) is 5.69 Å². The van der Waals surface area contributed by atoms with Gasteiger partial charge in [0.25, 0.3) is 0 Å². The fourth-order valence-electron chi connectivity index (χ4n) is 1.79. The Hall–Kier alpha value is -1.47. The van der Waals surface area contributed by atoms with E-state index < -0.39 is 11.4 Å². The van der Waals surface area contributed by atoms with Gasteiger partial charge in [0, 0.05) is 11.9 Å². The molecule has 1 aromatic heterocycles. The van der Waals surface area contributed by atoms with Gasteiger partial charge in [0.2, 0.25) is 5.91 Å². The Morgan fingerprint density at radius 3 is 2.53 bits per heavy atom. The van der Waals surface area contributed by atoms with Gasteiger partial charge < -0.3 is 16.2 Å². The summed E-state index contributed by atoms with van der Waals surface area (Å²) in [5.74, 6) is -1.17. The van der Waals surface area contributed by atoms with Crippen LogP contribution in [-0.4, -0.2) is 28.5 Å². The highest BCUT2D eigenvalue weighted by atomic mass is 32.1. The summed E-state index contributed by atoms with van der Waals surface area (Å²) in [7, 11) is 0. The molecule has 0 saturated heterocycles. The van der Waals surface area contributed by atoms with E-state index in [1.807, 2.05) is 13.8 Å². The van der Waals surface area contributed by atoms with Crippen molar-refractivity contribution in [2.45, 2.75) is 33.2 Å². The monoisotopic (exact) mass is 285 g/mol. The fraction of sp³-hybridized carbons (Fsp3) is 0.583. The van der Waals surface area contributed by atoms with E-state index >= 15 is 0 Å². The van der Waals surface area contributed by atoms with Crippen LogP contribution in [0.4, 0.5) is 0 Å². The van der Waals surface area contributed by atoms with Crippen LogP contribution in [0.25, 0.3) is 0 Å². The summed E-state index contributed by atoms with van der Waals surface area (Å²) in [4.78, 5) is 26.7. The Bertz CT molecular complexity index is 447. The second-order valence-corrected chi connectivity index (χ2v) is 5.25. The van der Waals surface area contributed by atoms with E-state index in [1.54, 1.807) is 0 Å². The number of carboxylic acids is 1. The lowest BCUT2D eigenvalue weighted by atomic mass is 9.81. The van der Waals surface area contributed by atoms with Gasteiger partial charge in [-0.25, -0.2) is 9.78 Å². The molecule has 0 saturated carbocycles. The normalized spacial score (nSPS) is 11.3. The van der Waals surface area contributed by atoms with Gasteiger partial charge in [-0.1, -0.05) is 13.8 Å². The van der Waals surface area contributed by atoms with Crippen molar-refractivity contribution >= 4 is 23.2 Å². The summed E-state index contributed by atoms with van der Waals surface area (Å²) in [5, 5.41) is 13.6. The zero-order valence-corrected chi connectivity index (χ0v) is 11.9. The molecule has 106 valence electrons. The SMILES string of the molecule is CCC(CC)(CN)C(=O)NCc1nc(C(=O)O)cs1. The largest absolute Gasteiger partial charge is 0.476 e. The van der Waals surface area contributed by atoms with Crippen LogP contribution in [0.2, 0.25) is 0 Å². The Morgan fingerprint density at radius 2 is 2.11 bits per heavy atom. The van der Waals surface area contributed by atoms with Crippen LogP contribution in [0.5, 0.6) is 0 Å². The van der Waals surface area contributed by atoms with Crippen molar-refractivity contribution in [3.05, 3.63) is 16.1 Å². The smallest absolute Gasteiger partial charge is 0.355 e. The predicted molar refractivity (Wildman–Crippen MR) is 73.0 cm³/mol. The molecule has 0 bridgehead atoms. The number of thiazole rings is 1. The van der Waals surface area contributed by atoms with Crippen LogP contribution in [0, 0.1) is 5.41 Å². The molecular formula is C12H19N3O3S.